The van der Waals surface area contributed by atoms with Crippen LogP contribution in [-0.2, 0) is 18.4 Å². The molecule has 0 aliphatic carbocycles. The fourth-order valence-corrected chi connectivity index (χ4v) is 8.74. The molecule has 0 radical (unpaired) electrons. The normalized spacial score (nSPS) is 14.4. The van der Waals surface area contributed by atoms with Gasteiger partial charge in [-0.3, -0.25) is 13.8 Å². The van der Waals surface area contributed by atoms with Crippen molar-refractivity contribution in [3.8, 4) is 0 Å². The average molecular weight is 962 g/mol. The molecule has 0 saturated carbocycles. The van der Waals surface area contributed by atoms with Crippen LogP contribution in [0.25, 0.3) is 0 Å². The number of unbranched alkanes of at least 4 members (excludes halogenated alkanes) is 30. The lowest BCUT2D eigenvalue weighted by Crippen LogP contribution is -2.45. The van der Waals surface area contributed by atoms with Gasteiger partial charge in [-0.15, -0.1) is 0 Å². The Morgan fingerprint density at radius 3 is 1.30 bits per heavy atom. The van der Waals surface area contributed by atoms with Crippen molar-refractivity contribution in [3.05, 3.63) is 60.8 Å². The number of carbonyl (C=O) groups excluding carboxylic acids is 1. The van der Waals surface area contributed by atoms with Crippen molar-refractivity contribution < 1.29 is 32.9 Å². The highest BCUT2D eigenvalue weighted by Crippen LogP contribution is 2.43. The van der Waals surface area contributed by atoms with Crippen molar-refractivity contribution in [2.45, 2.75) is 264 Å². The minimum atomic E-state index is -4.35. The zero-order valence-corrected chi connectivity index (χ0v) is 45.5. The fraction of sp³-hybridized carbons (Fsp3) is 0.810. The zero-order chi connectivity index (χ0) is 49.2. The molecule has 3 N–H and O–H groups in total. The van der Waals surface area contributed by atoms with Crippen molar-refractivity contribution in [1.82, 2.24) is 5.32 Å². The molecule has 0 fully saturated rings. The van der Waals surface area contributed by atoms with E-state index in [9.17, 15) is 19.4 Å². The van der Waals surface area contributed by atoms with Crippen LogP contribution in [0.5, 0.6) is 0 Å². The lowest BCUT2D eigenvalue weighted by atomic mass is 10.0. The number of rotatable bonds is 51. The Hall–Kier alpha value is -1.80. The first-order valence-corrected chi connectivity index (χ1v) is 29.7. The Morgan fingerprint density at radius 1 is 0.507 bits per heavy atom. The van der Waals surface area contributed by atoms with Gasteiger partial charge in [0.15, 0.2) is 0 Å². The molecule has 0 spiro atoms. The number of hydrogen-bond donors (Lipinski definition) is 3. The molecule has 0 heterocycles. The molecule has 0 saturated heterocycles. The quantitative estimate of drug-likeness (QED) is 0.0243. The van der Waals surface area contributed by atoms with Crippen LogP contribution in [0.15, 0.2) is 60.8 Å². The molecule has 67 heavy (non-hydrogen) atoms. The highest BCUT2D eigenvalue weighted by atomic mass is 31.2. The predicted molar refractivity (Wildman–Crippen MR) is 290 cm³/mol. The van der Waals surface area contributed by atoms with Gasteiger partial charge in [-0.05, 0) is 70.6 Å². The van der Waals surface area contributed by atoms with Gasteiger partial charge in [-0.25, -0.2) is 4.57 Å². The van der Waals surface area contributed by atoms with E-state index in [-0.39, 0.29) is 19.1 Å². The first kappa shape index (κ1) is 65.2. The van der Waals surface area contributed by atoms with E-state index in [1.54, 1.807) is 6.08 Å². The van der Waals surface area contributed by atoms with E-state index in [0.717, 1.165) is 51.4 Å². The second-order valence-corrected chi connectivity index (χ2v) is 21.8. The molecule has 3 atom stereocenters. The summed E-state index contributed by atoms with van der Waals surface area (Å²) in [5, 5.41) is 13.8. The van der Waals surface area contributed by atoms with Crippen LogP contribution in [0.3, 0.4) is 0 Å². The maximum absolute atomic E-state index is 12.9. The van der Waals surface area contributed by atoms with E-state index < -0.39 is 20.0 Å². The van der Waals surface area contributed by atoms with Crippen molar-refractivity contribution >= 4 is 13.7 Å². The number of phosphoric acid groups is 1. The molecule has 0 aromatic rings. The van der Waals surface area contributed by atoms with Gasteiger partial charge in [-0.1, -0.05) is 235 Å². The molecule has 8 nitrogen and oxygen atoms in total. The number of phosphoric ester groups is 1. The topological polar surface area (TPSA) is 105 Å². The molecular formula is C58H110N2O6P+. The molecule has 0 bridgehead atoms. The van der Waals surface area contributed by atoms with Gasteiger partial charge in [0.2, 0.25) is 5.91 Å². The predicted octanol–water partition coefficient (Wildman–Crippen LogP) is 16.9. The molecule has 0 aromatic carbocycles. The minimum absolute atomic E-state index is 0.0555. The van der Waals surface area contributed by atoms with Crippen LogP contribution in [-0.4, -0.2) is 73.4 Å². The number of carbonyl (C=O) groups is 1. The number of aliphatic hydroxyl groups is 1. The summed E-state index contributed by atoms with van der Waals surface area (Å²) >= 11 is 0. The van der Waals surface area contributed by atoms with E-state index in [1.165, 1.54) is 180 Å². The smallest absolute Gasteiger partial charge is 0.387 e. The lowest BCUT2D eigenvalue weighted by molar-refractivity contribution is -0.870. The van der Waals surface area contributed by atoms with Crippen LogP contribution in [0.4, 0.5) is 0 Å². The minimum Gasteiger partial charge on any atom is -0.387 e. The van der Waals surface area contributed by atoms with Gasteiger partial charge in [0, 0.05) is 6.42 Å². The van der Waals surface area contributed by atoms with Crippen molar-refractivity contribution in [3.63, 3.8) is 0 Å². The van der Waals surface area contributed by atoms with E-state index >= 15 is 0 Å². The Labute approximate surface area is 415 Å². The van der Waals surface area contributed by atoms with Crippen molar-refractivity contribution in [1.29, 1.82) is 0 Å². The van der Waals surface area contributed by atoms with E-state index in [0.29, 0.717) is 17.4 Å². The summed E-state index contributed by atoms with van der Waals surface area (Å²) in [5.41, 5.74) is 0. The van der Waals surface area contributed by atoms with Crippen LogP contribution in [0.1, 0.15) is 251 Å². The Balaban J connectivity index is 4.03. The van der Waals surface area contributed by atoms with Crippen LogP contribution in [0, 0.1) is 0 Å². The fourth-order valence-electron chi connectivity index (χ4n) is 8.01. The monoisotopic (exact) mass is 962 g/mol. The standard InChI is InChI=1S/C58H109N2O6P/c1-6-8-10-12-14-16-18-20-21-22-23-24-25-26-27-28-29-30-31-32-33-34-35-36-37-38-39-40-42-44-46-48-50-52-58(62)59-56(55-66-67(63,64)65-54-53-60(3,4)5)57(61)51-49-47-45-43-41-19-17-15-13-11-9-7-2/h18,20,22-23,25-26,41,43,49,51,56-57,61H,6-17,19,21,24,27-40,42,44-48,50,52-55H2,1-5H3,(H-,59,62,63,64)/p+1/b20-18-,23-22-,26-25-,43-41+,51-49+. The number of allylic oxidation sites excluding steroid dienone is 9. The summed E-state index contributed by atoms with van der Waals surface area (Å²) in [6.45, 7) is 4.77. The second-order valence-electron chi connectivity index (χ2n) is 20.3. The van der Waals surface area contributed by atoms with Crippen LogP contribution >= 0.6 is 7.82 Å². The van der Waals surface area contributed by atoms with Gasteiger partial charge in [0.05, 0.1) is 39.9 Å². The summed E-state index contributed by atoms with van der Waals surface area (Å²) in [6, 6.07) is -0.863. The number of hydrogen-bond acceptors (Lipinski definition) is 5. The molecule has 392 valence electrons. The third-order valence-corrected chi connectivity index (χ3v) is 13.4. The summed E-state index contributed by atoms with van der Waals surface area (Å²) < 4.78 is 23.6. The molecule has 3 unspecified atom stereocenters. The number of quaternary nitrogens is 1. The van der Waals surface area contributed by atoms with Crippen LogP contribution in [0.2, 0.25) is 0 Å². The van der Waals surface area contributed by atoms with E-state index in [4.69, 9.17) is 9.05 Å². The summed E-state index contributed by atoms with van der Waals surface area (Å²) in [6.07, 6.45) is 66.2. The number of likely N-dealkylation sites (N-methyl/N-ethyl adjacent to an activating group) is 1. The highest BCUT2D eigenvalue weighted by molar-refractivity contribution is 7.47. The maximum atomic E-state index is 12.9. The molecule has 0 rings (SSSR count). The van der Waals surface area contributed by atoms with Crippen LogP contribution < -0.4 is 5.32 Å². The molecule has 1 amide bonds. The van der Waals surface area contributed by atoms with Gasteiger partial charge >= 0.3 is 7.82 Å². The number of amides is 1. The number of nitrogens with zero attached hydrogens (tertiary/aromatic N) is 1. The molecule has 0 aliphatic heterocycles. The molecule has 9 heteroatoms. The van der Waals surface area contributed by atoms with Gasteiger partial charge in [0.1, 0.15) is 13.2 Å². The first-order valence-electron chi connectivity index (χ1n) is 28.2. The zero-order valence-electron chi connectivity index (χ0n) is 44.6. The first-order chi connectivity index (χ1) is 32.5. The Morgan fingerprint density at radius 2 is 0.866 bits per heavy atom. The highest BCUT2D eigenvalue weighted by Gasteiger charge is 2.27. The SMILES string of the molecule is CCCCCCC/C=C\C/C=C\C/C=C\CCCCCCCCCCCCCCCCCCCCC(=O)NC(COP(=O)(O)OCC[N+](C)(C)C)C(O)/C=C/CC/C=C/CCCCCCCC. The number of nitrogens with one attached hydrogen (secondary N) is 1. The molecule has 0 aliphatic rings. The van der Waals surface area contributed by atoms with Crippen molar-refractivity contribution in [2.75, 3.05) is 40.9 Å². The van der Waals surface area contributed by atoms with Crippen molar-refractivity contribution in [2.24, 2.45) is 0 Å². The summed E-state index contributed by atoms with van der Waals surface area (Å²) in [7, 11) is 1.56. The molecule has 0 aromatic heterocycles. The van der Waals surface area contributed by atoms with Gasteiger partial charge in [-0.2, -0.15) is 0 Å². The largest absolute Gasteiger partial charge is 0.472 e. The lowest BCUT2D eigenvalue weighted by Gasteiger charge is -2.25. The second kappa shape index (κ2) is 49.2. The van der Waals surface area contributed by atoms with Gasteiger partial charge < -0.3 is 19.8 Å². The third-order valence-electron chi connectivity index (χ3n) is 12.5. The third kappa shape index (κ3) is 51.9. The number of aliphatic hydroxyl groups excluding tert-OH is 1. The summed E-state index contributed by atoms with van der Waals surface area (Å²) in [5.74, 6) is -0.187. The van der Waals surface area contributed by atoms with E-state index in [1.807, 2.05) is 27.2 Å². The average Bonchev–Trinajstić information content (AvgIpc) is 3.29. The van der Waals surface area contributed by atoms with E-state index in [2.05, 4.69) is 67.8 Å². The maximum Gasteiger partial charge on any atom is 0.472 e. The Bertz CT molecular complexity index is 1270. The Kier molecular flexibility index (Phi) is 47.9. The van der Waals surface area contributed by atoms with Gasteiger partial charge in [0.25, 0.3) is 0 Å². The summed E-state index contributed by atoms with van der Waals surface area (Å²) in [4.78, 5) is 23.2. The molecular weight excluding hydrogens is 852 g/mol.